The molecule has 1 aliphatic heterocycles. The van der Waals surface area contributed by atoms with Crippen molar-refractivity contribution in [1.82, 2.24) is 10.2 Å². The minimum absolute atomic E-state index is 0.648. The topological polar surface area (TPSA) is 24.5 Å². The standard InChI is InChI=1S/C11H24N2O/c1-10-4-6-13(8-9-14-3)7-5-11(2)12-10/h10-12H,4-9H2,1-3H3. The zero-order valence-corrected chi connectivity index (χ0v) is 9.75. The number of nitrogens with zero attached hydrogens (tertiary/aromatic N) is 1. The van der Waals surface area contributed by atoms with E-state index in [9.17, 15) is 0 Å². The molecule has 1 saturated heterocycles. The first kappa shape index (κ1) is 12.0. The van der Waals surface area contributed by atoms with Crippen molar-refractivity contribution in [2.24, 2.45) is 0 Å². The highest BCUT2D eigenvalue weighted by Crippen LogP contribution is 2.05. The fraction of sp³-hybridized carbons (Fsp3) is 1.00. The van der Waals surface area contributed by atoms with Gasteiger partial charge in [0.1, 0.15) is 0 Å². The van der Waals surface area contributed by atoms with E-state index in [1.54, 1.807) is 7.11 Å². The summed E-state index contributed by atoms with van der Waals surface area (Å²) in [5.41, 5.74) is 0. The second-order valence-electron chi connectivity index (χ2n) is 4.38. The van der Waals surface area contributed by atoms with E-state index in [1.165, 1.54) is 25.9 Å². The van der Waals surface area contributed by atoms with Crippen molar-refractivity contribution in [2.45, 2.75) is 38.8 Å². The number of hydrogen-bond donors (Lipinski definition) is 1. The van der Waals surface area contributed by atoms with Gasteiger partial charge in [0.05, 0.1) is 6.61 Å². The summed E-state index contributed by atoms with van der Waals surface area (Å²) in [4.78, 5) is 2.51. The molecule has 0 amide bonds. The Hall–Kier alpha value is -0.120. The highest BCUT2D eigenvalue weighted by atomic mass is 16.5. The van der Waals surface area contributed by atoms with Crippen molar-refractivity contribution in [1.29, 1.82) is 0 Å². The summed E-state index contributed by atoms with van der Waals surface area (Å²) < 4.78 is 5.11. The largest absolute Gasteiger partial charge is 0.383 e. The van der Waals surface area contributed by atoms with Crippen LogP contribution in [0.2, 0.25) is 0 Å². The molecule has 1 fully saturated rings. The first-order valence-electron chi connectivity index (χ1n) is 5.69. The van der Waals surface area contributed by atoms with E-state index in [2.05, 4.69) is 24.1 Å². The maximum atomic E-state index is 5.11. The Balaban J connectivity index is 2.29. The monoisotopic (exact) mass is 200 g/mol. The van der Waals surface area contributed by atoms with Gasteiger partial charge in [0.2, 0.25) is 0 Å². The smallest absolute Gasteiger partial charge is 0.0589 e. The third-order valence-corrected chi connectivity index (χ3v) is 2.94. The van der Waals surface area contributed by atoms with Crippen LogP contribution in [0.25, 0.3) is 0 Å². The predicted molar refractivity (Wildman–Crippen MR) is 59.6 cm³/mol. The van der Waals surface area contributed by atoms with Crippen LogP contribution >= 0.6 is 0 Å². The molecule has 0 aromatic heterocycles. The minimum atomic E-state index is 0.648. The fourth-order valence-corrected chi connectivity index (χ4v) is 1.96. The lowest BCUT2D eigenvalue weighted by atomic mass is 10.1. The van der Waals surface area contributed by atoms with Gasteiger partial charge in [-0.3, -0.25) is 0 Å². The molecule has 1 N–H and O–H groups in total. The second-order valence-corrected chi connectivity index (χ2v) is 4.38. The Morgan fingerprint density at radius 2 is 1.79 bits per heavy atom. The third kappa shape index (κ3) is 4.40. The van der Waals surface area contributed by atoms with E-state index in [-0.39, 0.29) is 0 Å². The van der Waals surface area contributed by atoms with Crippen molar-refractivity contribution < 1.29 is 4.74 Å². The van der Waals surface area contributed by atoms with Crippen LogP contribution < -0.4 is 5.32 Å². The Bertz CT molecular complexity index is 140. The molecule has 2 unspecified atom stereocenters. The zero-order valence-electron chi connectivity index (χ0n) is 9.75. The second kappa shape index (κ2) is 6.38. The molecule has 1 heterocycles. The lowest BCUT2D eigenvalue weighted by Gasteiger charge is -2.30. The van der Waals surface area contributed by atoms with Crippen LogP contribution in [0.15, 0.2) is 0 Å². The van der Waals surface area contributed by atoms with E-state index >= 15 is 0 Å². The molecule has 0 spiro atoms. The summed E-state index contributed by atoms with van der Waals surface area (Å²) in [6.07, 6.45) is 2.49. The number of ether oxygens (including phenoxy) is 1. The zero-order chi connectivity index (χ0) is 10.4. The molecule has 1 aliphatic rings. The van der Waals surface area contributed by atoms with E-state index in [0.717, 1.165) is 13.2 Å². The Morgan fingerprint density at radius 1 is 1.21 bits per heavy atom. The van der Waals surface area contributed by atoms with Gasteiger partial charge in [0.25, 0.3) is 0 Å². The number of nitrogens with one attached hydrogen (secondary N) is 1. The Morgan fingerprint density at radius 3 is 2.29 bits per heavy atom. The summed E-state index contributed by atoms with van der Waals surface area (Å²) >= 11 is 0. The molecule has 3 heteroatoms. The molecule has 3 nitrogen and oxygen atoms in total. The average molecular weight is 200 g/mol. The van der Waals surface area contributed by atoms with Gasteiger partial charge in [0.15, 0.2) is 0 Å². The molecule has 0 aromatic carbocycles. The number of hydrogen-bond acceptors (Lipinski definition) is 3. The third-order valence-electron chi connectivity index (χ3n) is 2.94. The lowest BCUT2D eigenvalue weighted by molar-refractivity contribution is 0.135. The first-order chi connectivity index (χ1) is 6.72. The summed E-state index contributed by atoms with van der Waals surface area (Å²) in [6, 6.07) is 1.30. The maximum absolute atomic E-state index is 5.11. The number of methoxy groups -OCH3 is 1. The average Bonchev–Trinajstić information content (AvgIpc) is 2.14. The van der Waals surface area contributed by atoms with E-state index in [4.69, 9.17) is 4.74 Å². The quantitative estimate of drug-likeness (QED) is 0.738. The molecule has 0 radical (unpaired) electrons. The van der Waals surface area contributed by atoms with Gasteiger partial charge in [-0.1, -0.05) is 0 Å². The summed E-state index contributed by atoms with van der Waals surface area (Å²) in [5.74, 6) is 0. The molecule has 2 atom stereocenters. The van der Waals surface area contributed by atoms with E-state index in [1.807, 2.05) is 0 Å². The first-order valence-corrected chi connectivity index (χ1v) is 5.69. The molecular formula is C11H24N2O. The normalized spacial score (nSPS) is 31.1. The molecule has 0 aliphatic carbocycles. The van der Waals surface area contributed by atoms with Crippen LogP contribution in [0.3, 0.4) is 0 Å². The molecule has 1 rings (SSSR count). The molecular weight excluding hydrogens is 176 g/mol. The van der Waals surface area contributed by atoms with E-state index in [0.29, 0.717) is 12.1 Å². The highest BCUT2D eigenvalue weighted by molar-refractivity contribution is 4.74. The summed E-state index contributed by atoms with van der Waals surface area (Å²) in [6.45, 7) is 8.88. The predicted octanol–water partition coefficient (Wildman–Crippen LogP) is 1.10. The Labute approximate surface area is 87.8 Å². The van der Waals surface area contributed by atoms with Crippen molar-refractivity contribution in [3.63, 3.8) is 0 Å². The number of rotatable bonds is 3. The lowest BCUT2D eigenvalue weighted by Crippen LogP contribution is -2.43. The van der Waals surface area contributed by atoms with Gasteiger partial charge in [-0.05, 0) is 39.8 Å². The van der Waals surface area contributed by atoms with Gasteiger partial charge < -0.3 is 15.0 Å². The van der Waals surface area contributed by atoms with Crippen LogP contribution in [0.5, 0.6) is 0 Å². The van der Waals surface area contributed by atoms with Crippen LogP contribution in [-0.4, -0.2) is 50.3 Å². The molecule has 14 heavy (non-hydrogen) atoms. The fourth-order valence-electron chi connectivity index (χ4n) is 1.96. The molecule has 0 aromatic rings. The SMILES string of the molecule is COCCN1CCC(C)NC(C)CC1. The molecule has 84 valence electrons. The van der Waals surface area contributed by atoms with E-state index < -0.39 is 0 Å². The van der Waals surface area contributed by atoms with Gasteiger partial charge in [-0.25, -0.2) is 0 Å². The molecule has 0 bridgehead atoms. The van der Waals surface area contributed by atoms with Gasteiger partial charge in [-0.2, -0.15) is 0 Å². The molecule has 0 saturated carbocycles. The maximum Gasteiger partial charge on any atom is 0.0589 e. The van der Waals surface area contributed by atoms with Crippen molar-refractivity contribution in [3.05, 3.63) is 0 Å². The van der Waals surface area contributed by atoms with Crippen LogP contribution in [-0.2, 0) is 4.74 Å². The van der Waals surface area contributed by atoms with Crippen molar-refractivity contribution in [3.8, 4) is 0 Å². The highest BCUT2D eigenvalue weighted by Gasteiger charge is 2.15. The van der Waals surface area contributed by atoms with Crippen LogP contribution in [0, 0.1) is 0 Å². The van der Waals surface area contributed by atoms with Gasteiger partial charge in [0, 0.05) is 25.7 Å². The minimum Gasteiger partial charge on any atom is -0.383 e. The summed E-state index contributed by atoms with van der Waals surface area (Å²) in [5, 5.41) is 3.60. The van der Waals surface area contributed by atoms with Gasteiger partial charge in [-0.15, -0.1) is 0 Å². The van der Waals surface area contributed by atoms with Crippen LogP contribution in [0.1, 0.15) is 26.7 Å². The van der Waals surface area contributed by atoms with Crippen LogP contribution in [0.4, 0.5) is 0 Å². The van der Waals surface area contributed by atoms with Crippen molar-refractivity contribution in [2.75, 3.05) is 33.4 Å². The Kier molecular flexibility index (Phi) is 5.45. The van der Waals surface area contributed by atoms with Crippen molar-refractivity contribution >= 4 is 0 Å². The van der Waals surface area contributed by atoms with Gasteiger partial charge >= 0.3 is 0 Å². The summed E-state index contributed by atoms with van der Waals surface area (Å²) in [7, 11) is 1.77.